The van der Waals surface area contributed by atoms with Gasteiger partial charge >= 0.3 is 5.97 Å². The van der Waals surface area contributed by atoms with Crippen molar-refractivity contribution in [2.75, 3.05) is 7.11 Å². The third-order valence-electron chi connectivity index (χ3n) is 3.96. The summed E-state index contributed by atoms with van der Waals surface area (Å²) in [5, 5.41) is 8.45. The number of aromatic nitrogens is 1. The molecule has 1 amide bonds. The summed E-state index contributed by atoms with van der Waals surface area (Å²) in [5.41, 5.74) is 1.08. The lowest BCUT2D eigenvalue weighted by molar-refractivity contribution is -0.142. The Morgan fingerprint density at radius 1 is 1.20 bits per heavy atom. The first-order valence-corrected chi connectivity index (χ1v) is 7.87. The molecule has 0 saturated heterocycles. The van der Waals surface area contributed by atoms with Gasteiger partial charge in [0.1, 0.15) is 11.8 Å². The number of methoxy groups -OCH3 is 1. The van der Waals surface area contributed by atoms with Crippen LogP contribution in [0.5, 0.6) is 0 Å². The van der Waals surface area contributed by atoms with E-state index in [0.29, 0.717) is 12.2 Å². The molecule has 3 rings (SSSR count). The molecular formula is C19H18N2O4. The van der Waals surface area contributed by atoms with Gasteiger partial charge in [0.25, 0.3) is 5.91 Å². The van der Waals surface area contributed by atoms with E-state index in [0.717, 1.165) is 16.3 Å². The lowest BCUT2D eigenvalue weighted by Gasteiger charge is -2.17. The molecular weight excluding hydrogens is 320 g/mol. The molecule has 1 aromatic heterocycles. The third-order valence-corrected chi connectivity index (χ3v) is 3.96. The Morgan fingerprint density at radius 3 is 2.68 bits per heavy atom. The van der Waals surface area contributed by atoms with Gasteiger partial charge in [0.15, 0.2) is 5.69 Å². The van der Waals surface area contributed by atoms with Crippen molar-refractivity contribution in [1.29, 1.82) is 0 Å². The number of ether oxygens (including phenoxy) is 1. The van der Waals surface area contributed by atoms with E-state index in [1.54, 1.807) is 6.92 Å². The summed E-state index contributed by atoms with van der Waals surface area (Å²) in [6, 6.07) is 14.4. The fourth-order valence-electron chi connectivity index (χ4n) is 2.73. The number of nitrogens with zero attached hydrogens (tertiary/aromatic N) is 1. The second-order valence-corrected chi connectivity index (χ2v) is 5.71. The monoisotopic (exact) mass is 338 g/mol. The van der Waals surface area contributed by atoms with Gasteiger partial charge < -0.3 is 14.6 Å². The molecule has 0 spiro atoms. The highest BCUT2D eigenvalue weighted by Crippen LogP contribution is 2.20. The molecule has 0 fully saturated rings. The molecule has 0 aliphatic heterocycles. The maximum absolute atomic E-state index is 12.3. The standard InChI is InChI=1S/C19H18N2O4/c1-12-10-16(21-25-12)18(22)20-17(19(23)24-2)11-14-8-5-7-13-6-3-4-9-15(13)14/h3-10,17H,11H2,1-2H3,(H,20,22). The Morgan fingerprint density at radius 2 is 1.96 bits per heavy atom. The zero-order valence-corrected chi connectivity index (χ0v) is 14.0. The van der Waals surface area contributed by atoms with Gasteiger partial charge in [-0.2, -0.15) is 0 Å². The average Bonchev–Trinajstić information content (AvgIpc) is 3.07. The molecule has 1 unspecified atom stereocenters. The number of amides is 1. The number of rotatable bonds is 5. The molecule has 6 heteroatoms. The number of aryl methyl sites for hydroxylation is 1. The summed E-state index contributed by atoms with van der Waals surface area (Å²) in [5.74, 6) is -0.470. The van der Waals surface area contributed by atoms with Gasteiger partial charge in [-0.05, 0) is 23.3 Å². The molecule has 3 aromatic rings. The van der Waals surface area contributed by atoms with Crippen LogP contribution in [0, 0.1) is 6.92 Å². The van der Waals surface area contributed by atoms with E-state index in [4.69, 9.17) is 9.26 Å². The number of fused-ring (bicyclic) bond motifs is 1. The minimum atomic E-state index is -0.819. The van der Waals surface area contributed by atoms with E-state index in [1.807, 2.05) is 42.5 Å². The third kappa shape index (κ3) is 3.68. The van der Waals surface area contributed by atoms with Gasteiger partial charge in [0.2, 0.25) is 0 Å². The number of carbonyl (C=O) groups is 2. The lowest BCUT2D eigenvalue weighted by atomic mass is 9.98. The fourth-order valence-corrected chi connectivity index (χ4v) is 2.73. The number of esters is 1. The van der Waals surface area contributed by atoms with Crippen molar-refractivity contribution in [3.8, 4) is 0 Å². The van der Waals surface area contributed by atoms with E-state index in [1.165, 1.54) is 13.2 Å². The molecule has 1 atom stereocenters. The molecule has 1 heterocycles. The molecule has 6 nitrogen and oxygen atoms in total. The lowest BCUT2D eigenvalue weighted by Crippen LogP contribution is -2.43. The van der Waals surface area contributed by atoms with Crippen LogP contribution in [0.15, 0.2) is 53.1 Å². The zero-order valence-electron chi connectivity index (χ0n) is 14.0. The summed E-state index contributed by atoms with van der Waals surface area (Å²) in [7, 11) is 1.30. The normalized spacial score (nSPS) is 11.9. The van der Waals surface area contributed by atoms with Crippen molar-refractivity contribution in [1.82, 2.24) is 10.5 Å². The van der Waals surface area contributed by atoms with Crippen LogP contribution in [-0.4, -0.2) is 30.2 Å². The number of hydrogen-bond donors (Lipinski definition) is 1. The van der Waals surface area contributed by atoms with E-state index >= 15 is 0 Å². The highest BCUT2D eigenvalue weighted by molar-refractivity contribution is 5.95. The fraction of sp³-hybridized carbons (Fsp3) is 0.211. The van der Waals surface area contributed by atoms with Crippen LogP contribution in [0.3, 0.4) is 0 Å². The molecule has 0 saturated carbocycles. The Labute approximate surface area is 144 Å². The molecule has 25 heavy (non-hydrogen) atoms. The first kappa shape index (κ1) is 16.7. The predicted molar refractivity (Wildman–Crippen MR) is 92.2 cm³/mol. The van der Waals surface area contributed by atoms with Gasteiger partial charge in [0, 0.05) is 12.5 Å². The number of nitrogens with one attached hydrogen (secondary N) is 1. The topological polar surface area (TPSA) is 81.4 Å². The number of benzene rings is 2. The van der Waals surface area contributed by atoms with Crippen molar-refractivity contribution in [3.05, 3.63) is 65.5 Å². The van der Waals surface area contributed by atoms with Crippen LogP contribution >= 0.6 is 0 Å². The molecule has 0 aliphatic rings. The van der Waals surface area contributed by atoms with Gasteiger partial charge in [-0.15, -0.1) is 0 Å². The van der Waals surface area contributed by atoms with Crippen LogP contribution in [-0.2, 0) is 16.0 Å². The maximum Gasteiger partial charge on any atom is 0.328 e. The van der Waals surface area contributed by atoms with Crippen LogP contribution in [0.1, 0.15) is 21.8 Å². The first-order chi connectivity index (χ1) is 12.1. The Bertz CT molecular complexity index is 911. The van der Waals surface area contributed by atoms with Crippen molar-refractivity contribution in [2.24, 2.45) is 0 Å². The summed E-state index contributed by atoms with van der Waals surface area (Å²) in [6.07, 6.45) is 0.316. The summed E-state index contributed by atoms with van der Waals surface area (Å²) >= 11 is 0. The maximum atomic E-state index is 12.3. The van der Waals surface area contributed by atoms with E-state index < -0.39 is 17.9 Å². The molecule has 0 bridgehead atoms. The first-order valence-electron chi connectivity index (χ1n) is 7.87. The average molecular weight is 338 g/mol. The highest BCUT2D eigenvalue weighted by atomic mass is 16.5. The van der Waals surface area contributed by atoms with E-state index in [-0.39, 0.29) is 5.69 Å². The van der Waals surface area contributed by atoms with Crippen LogP contribution < -0.4 is 5.32 Å². The molecule has 0 radical (unpaired) electrons. The summed E-state index contributed by atoms with van der Waals surface area (Å²) in [4.78, 5) is 24.4. The molecule has 0 aliphatic carbocycles. The number of hydrogen-bond acceptors (Lipinski definition) is 5. The van der Waals surface area contributed by atoms with Crippen LogP contribution in [0.25, 0.3) is 10.8 Å². The van der Waals surface area contributed by atoms with E-state index in [9.17, 15) is 9.59 Å². The van der Waals surface area contributed by atoms with Gasteiger partial charge in [0.05, 0.1) is 7.11 Å². The molecule has 2 aromatic carbocycles. The van der Waals surface area contributed by atoms with Crippen LogP contribution in [0.2, 0.25) is 0 Å². The van der Waals surface area contributed by atoms with Gasteiger partial charge in [-0.1, -0.05) is 47.6 Å². The minimum Gasteiger partial charge on any atom is -0.467 e. The smallest absolute Gasteiger partial charge is 0.328 e. The summed E-state index contributed by atoms with van der Waals surface area (Å²) in [6.45, 7) is 1.69. The highest BCUT2D eigenvalue weighted by Gasteiger charge is 2.24. The number of carbonyl (C=O) groups excluding carboxylic acids is 2. The SMILES string of the molecule is COC(=O)C(Cc1cccc2ccccc12)NC(=O)c1cc(C)on1. The van der Waals surface area contributed by atoms with Crippen molar-refractivity contribution in [2.45, 2.75) is 19.4 Å². The minimum absolute atomic E-state index is 0.129. The van der Waals surface area contributed by atoms with Gasteiger partial charge in [-0.3, -0.25) is 4.79 Å². The van der Waals surface area contributed by atoms with Gasteiger partial charge in [-0.25, -0.2) is 4.79 Å². The second kappa shape index (κ2) is 7.17. The van der Waals surface area contributed by atoms with Crippen molar-refractivity contribution >= 4 is 22.6 Å². The zero-order chi connectivity index (χ0) is 17.8. The van der Waals surface area contributed by atoms with Crippen LogP contribution in [0.4, 0.5) is 0 Å². The second-order valence-electron chi connectivity index (χ2n) is 5.71. The predicted octanol–water partition coefficient (Wildman–Crippen LogP) is 2.65. The Hall–Kier alpha value is -3.15. The Balaban J connectivity index is 1.86. The molecule has 1 N–H and O–H groups in total. The summed E-state index contributed by atoms with van der Waals surface area (Å²) < 4.78 is 9.74. The largest absolute Gasteiger partial charge is 0.467 e. The Kier molecular flexibility index (Phi) is 4.79. The van der Waals surface area contributed by atoms with E-state index in [2.05, 4.69) is 10.5 Å². The van der Waals surface area contributed by atoms with Crippen molar-refractivity contribution in [3.63, 3.8) is 0 Å². The van der Waals surface area contributed by atoms with Crippen molar-refractivity contribution < 1.29 is 18.8 Å². The quantitative estimate of drug-likeness (QED) is 0.723. The molecule has 128 valence electrons.